The molecule has 0 unspecified atom stereocenters. The molecule has 0 radical (unpaired) electrons. The van der Waals surface area contributed by atoms with Crippen LogP contribution in [0.25, 0.3) is 0 Å². The van der Waals surface area contributed by atoms with Crippen LogP contribution in [0.3, 0.4) is 0 Å². The Bertz CT molecular complexity index is 1640. The number of benzene rings is 4. The maximum absolute atomic E-state index is 14.4. The Labute approximate surface area is 269 Å². The maximum atomic E-state index is 14.4. The average Bonchev–Trinajstić information content (AvgIpc) is 3.04. The van der Waals surface area contributed by atoms with E-state index >= 15 is 0 Å². The van der Waals surface area contributed by atoms with Crippen molar-refractivity contribution in [1.82, 2.24) is 10.2 Å². The predicted molar refractivity (Wildman–Crippen MR) is 176 cm³/mol. The Kier molecular flexibility index (Phi) is 11.8. The fourth-order valence-electron chi connectivity index (χ4n) is 4.74. The monoisotopic (exact) mass is 651 g/mol. The third-order valence-electron chi connectivity index (χ3n) is 7.09. The molecule has 44 heavy (non-hydrogen) atoms. The smallest absolute Gasteiger partial charge is 0.264 e. The molecule has 0 aromatic heterocycles. The lowest BCUT2D eigenvalue weighted by molar-refractivity contribution is -0.140. The van der Waals surface area contributed by atoms with Crippen molar-refractivity contribution in [2.24, 2.45) is 0 Å². The summed E-state index contributed by atoms with van der Waals surface area (Å²) >= 11 is 12.5. The van der Waals surface area contributed by atoms with E-state index in [0.717, 1.165) is 22.7 Å². The molecule has 4 aromatic carbocycles. The number of halogens is 2. The van der Waals surface area contributed by atoms with Crippen molar-refractivity contribution in [2.75, 3.05) is 17.4 Å². The highest BCUT2D eigenvalue weighted by Gasteiger charge is 2.34. The van der Waals surface area contributed by atoms with Gasteiger partial charge in [-0.25, -0.2) is 8.42 Å². The average molecular weight is 653 g/mol. The molecular weight excluding hydrogens is 617 g/mol. The normalized spacial score (nSPS) is 11.9. The number of hydrogen-bond acceptors (Lipinski definition) is 4. The van der Waals surface area contributed by atoms with Crippen LogP contribution in [0.15, 0.2) is 114 Å². The van der Waals surface area contributed by atoms with E-state index in [1.807, 2.05) is 37.3 Å². The van der Waals surface area contributed by atoms with E-state index < -0.39 is 28.5 Å². The highest BCUT2D eigenvalue weighted by Crippen LogP contribution is 2.27. The largest absolute Gasteiger partial charge is 0.354 e. The SMILES string of the molecule is CCCCNC(=O)[C@@H](Cc1ccccc1)N(Cc1ccc(Cl)c(Cl)c1)C(=O)CN(c1ccccc1)S(=O)(=O)c1ccccc1. The minimum Gasteiger partial charge on any atom is -0.354 e. The summed E-state index contributed by atoms with van der Waals surface area (Å²) in [7, 11) is -4.14. The lowest BCUT2D eigenvalue weighted by atomic mass is 10.0. The molecule has 4 aromatic rings. The second kappa shape index (κ2) is 15.7. The van der Waals surface area contributed by atoms with Gasteiger partial charge in [-0.2, -0.15) is 0 Å². The fraction of sp³-hybridized carbons (Fsp3) is 0.235. The molecule has 0 heterocycles. The molecule has 10 heteroatoms. The molecule has 0 bridgehead atoms. The molecule has 230 valence electrons. The van der Waals surface area contributed by atoms with Gasteiger partial charge in [0.1, 0.15) is 12.6 Å². The van der Waals surface area contributed by atoms with Crippen molar-refractivity contribution >= 4 is 50.7 Å². The van der Waals surface area contributed by atoms with Crippen LogP contribution in [0.4, 0.5) is 5.69 Å². The Morgan fingerprint density at radius 2 is 1.41 bits per heavy atom. The molecule has 0 aliphatic rings. The van der Waals surface area contributed by atoms with Gasteiger partial charge >= 0.3 is 0 Å². The molecular formula is C34H35Cl2N3O4S. The van der Waals surface area contributed by atoms with Crippen LogP contribution in [0, 0.1) is 0 Å². The zero-order valence-electron chi connectivity index (χ0n) is 24.4. The molecule has 0 saturated carbocycles. The number of unbranched alkanes of at least 4 members (excludes halogenated alkanes) is 1. The van der Waals surface area contributed by atoms with Crippen molar-refractivity contribution in [3.05, 3.63) is 130 Å². The quantitative estimate of drug-likeness (QED) is 0.153. The van der Waals surface area contributed by atoms with Crippen molar-refractivity contribution < 1.29 is 18.0 Å². The summed E-state index contributed by atoms with van der Waals surface area (Å²) in [6, 6.07) is 29.9. The molecule has 1 atom stereocenters. The van der Waals surface area contributed by atoms with E-state index in [1.165, 1.54) is 17.0 Å². The predicted octanol–water partition coefficient (Wildman–Crippen LogP) is 6.75. The molecule has 0 saturated heterocycles. The first-order valence-electron chi connectivity index (χ1n) is 14.4. The van der Waals surface area contributed by atoms with Crippen LogP contribution in [0.2, 0.25) is 10.0 Å². The topological polar surface area (TPSA) is 86.8 Å². The number of nitrogens with zero attached hydrogens (tertiary/aromatic N) is 2. The highest BCUT2D eigenvalue weighted by molar-refractivity contribution is 7.92. The van der Waals surface area contributed by atoms with Crippen molar-refractivity contribution in [3.8, 4) is 0 Å². The summed E-state index contributed by atoms with van der Waals surface area (Å²) in [5.41, 5.74) is 1.82. The molecule has 2 amide bonds. The van der Waals surface area contributed by atoms with E-state index in [1.54, 1.807) is 66.7 Å². The van der Waals surface area contributed by atoms with E-state index in [-0.39, 0.29) is 23.8 Å². The molecule has 0 aliphatic carbocycles. The minimum absolute atomic E-state index is 0.00242. The van der Waals surface area contributed by atoms with E-state index in [0.29, 0.717) is 27.8 Å². The van der Waals surface area contributed by atoms with E-state index in [4.69, 9.17) is 23.2 Å². The first-order chi connectivity index (χ1) is 21.2. The Balaban J connectivity index is 1.78. The van der Waals surface area contributed by atoms with Crippen molar-refractivity contribution in [1.29, 1.82) is 0 Å². The zero-order valence-corrected chi connectivity index (χ0v) is 26.7. The fourth-order valence-corrected chi connectivity index (χ4v) is 6.49. The summed E-state index contributed by atoms with van der Waals surface area (Å²) in [6.45, 7) is 1.95. The number of carbonyl (C=O) groups excluding carboxylic acids is 2. The van der Waals surface area contributed by atoms with Crippen molar-refractivity contribution in [2.45, 2.75) is 43.7 Å². The van der Waals surface area contributed by atoms with Gasteiger partial charge in [-0.15, -0.1) is 0 Å². The van der Waals surface area contributed by atoms with E-state index in [9.17, 15) is 18.0 Å². The molecule has 0 aliphatic heterocycles. The van der Waals surface area contributed by atoms with Crippen LogP contribution < -0.4 is 9.62 Å². The Hall–Kier alpha value is -3.85. The van der Waals surface area contributed by atoms with Crippen LogP contribution in [0.5, 0.6) is 0 Å². The summed E-state index contributed by atoms with van der Waals surface area (Å²) in [6.07, 6.45) is 1.89. The van der Waals surface area contributed by atoms with Crippen LogP contribution in [-0.2, 0) is 32.6 Å². The molecule has 1 N–H and O–H groups in total. The van der Waals surface area contributed by atoms with Gasteiger partial charge in [-0.05, 0) is 53.9 Å². The van der Waals surface area contributed by atoms with Gasteiger partial charge in [0.2, 0.25) is 11.8 Å². The van der Waals surface area contributed by atoms with Crippen LogP contribution in [0.1, 0.15) is 30.9 Å². The van der Waals surface area contributed by atoms with Gasteiger partial charge < -0.3 is 10.2 Å². The first-order valence-corrected chi connectivity index (χ1v) is 16.6. The van der Waals surface area contributed by atoms with Gasteiger partial charge in [-0.1, -0.05) is 109 Å². The first kappa shape index (κ1) is 33.1. The second-order valence-corrected chi connectivity index (χ2v) is 13.0. The third-order valence-corrected chi connectivity index (χ3v) is 9.62. The van der Waals surface area contributed by atoms with Gasteiger partial charge in [0.05, 0.1) is 20.6 Å². The Morgan fingerprint density at radius 3 is 2.02 bits per heavy atom. The molecule has 0 fully saturated rings. The number of rotatable bonds is 14. The molecule has 4 rings (SSSR count). The lowest BCUT2D eigenvalue weighted by Crippen LogP contribution is -2.53. The summed E-state index contributed by atoms with van der Waals surface area (Å²) in [5, 5.41) is 3.64. The molecule has 7 nitrogen and oxygen atoms in total. The number of amides is 2. The Morgan fingerprint density at radius 1 is 0.795 bits per heavy atom. The number of para-hydroxylation sites is 1. The summed E-state index contributed by atoms with van der Waals surface area (Å²) < 4.78 is 29.0. The van der Waals surface area contributed by atoms with E-state index in [2.05, 4.69) is 5.32 Å². The van der Waals surface area contributed by atoms with Crippen LogP contribution in [-0.4, -0.2) is 44.3 Å². The van der Waals surface area contributed by atoms with Crippen LogP contribution >= 0.6 is 23.2 Å². The third kappa shape index (κ3) is 8.62. The zero-order chi connectivity index (χ0) is 31.5. The number of sulfonamides is 1. The van der Waals surface area contributed by atoms with Gasteiger partial charge in [0, 0.05) is 19.5 Å². The standard InChI is InChI=1S/C34H35Cl2N3O4S/c1-2-3-21-37-34(41)32(23-26-13-7-4-8-14-26)38(24-27-19-20-30(35)31(36)22-27)33(40)25-39(28-15-9-5-10-16-28)44(42,43)29-17-11-6-12-18-29/h4-20,22,32H,2-3,21,23-25H2,1H3,(H,37,41)/t32-/m1/s1. The lowest BCUT2D eigenvalue weighted by Gasteiger charge is -2.34. The number of hydrogen-bond donors (Lipinski definition) is 1. The second-order valence-electron chi connectivity index (χ2n) is 10.3. The van der Waals surface area contributed by atoms with Gasteiger partial charge in [-0.3, -0.25) is 13.9 Å². The minimum atomic E-state index is -4.14. The summed E-state index contributed by atoms with van der Waals surface area (Å²) in [4.78, 5) is 29.7. The number of nitrogens with one attached hydrogen (secondary N) is 1. The van der Waals surface area contributed by atoms with Crippen molar-refractivity contribution in [3.63, 3.8) is 0 Å². The molecule has 0 spiro atoms. The van der Waals surface area contributed by atoms with Gasteiger partial charge in [0.25, 0.3) is 10.0 Å². The van der Waals surface area contributed by atoms with Gasteiger partial charge in [0.15, 0.2) is 0 Å². The summed E-state index contributed by atoms with van der Waals surface area (Å²) in [5.74, 6) is -0.876. The highest BCUT2D eigenvalue weighted by atomic mass is 35.5. The maximum Gasteiger partial charge on any atom is 0.264 e. The number of anilines is 1. The number of carbonyl (C=O) groups is 2.